The molecule has 1 atom stereocenters. The fourth-order valence-corrected chi connectivity index (χ4v) is 3.95. The highest BCUT2D eigenvalue weighted by atomic mass is 16.3. The number of hydrogen-bond donors (Lipinski definition) is 2. The summed E-state index contributed by atoms with van der Waals surface area (Å²) in [6, 6.07) is 15.3. The van der Waals surface area contributed by atoms with Crippen LogP contribution in [0.5, 0.6) is 5.75 Å². The van der Waals surface area contributed by atoms with Crippen molar-refractivity contribution in [2.45, 2.75) is 45.1 Å². The predicted molar refractivity (Wildman–Crippen MR) is 105 cm³/mol. The van der Waals surface area contributed by atoms with Crippen molar-refractivity contribution in [3.05, 3.63) is 59.2 Å². The maximum absolute atomic E-state index is 10.1. The largest absolute Gasteiger partial charge is 0.508 e. The van der Waals surface area contributed by atoms with Gasteiger partial charge in [-0.05, 0) is 73.5 Å². The fourth-order valence-electron chi connectivity index (χ4n) is 3.95. The van der Waals surface area contributed by atoms with Crippen molar-refractivity contribution in [3.8, 4) is 5.75 Å². The number of phenols is 1. The van der Waals surface area contributed by atoms with Crippen LogP contribution in [-0.2, 0) is 19.3 Å². The number of aromatic hydroxyl groups is 1. The molecule has 0 spiro atoms. The summed E-state index contributed by atoms with van der Waals surface area (Å²) in [4.78, 5) is 2.65. The summed E-state index contributed by atoms with van der Waals surface area (Å²) in [6.07, 6.45) is 5.46. The van der Waals surface area contributed by atoms with Crippen LogP contribution >= 0.6 is 0 Å². The average molecular weight is 338 g/mol. The van der Waals surface area contributed by atoms with Gasteiger partial charge in [0.05, 0.1) is 0 Å². The zero-order valence-electron chi connectivity index (χ0n) is 15.5. The zero-order chi connectivity index (χ0) is 17.6. The highest BCUT2D eigenvalue weighted by molar-refractivity contribution is 5.44. The molecule has 134 valence electrons. The molecule has 0 heterocycles. The Morgan fingerprint density at radius 1 is 1.12 bits per heavy atom. The third-order valence-electron chi connectivity index (χ3n) is 5.39. The maximum atomic E-state index is 10.1. The number of phenolic OH excluding ortho intramolecular Hbond substituents is 1. The molecule has 2 aromatic rings. The first-order valence-electron chi connectivity index (χ1n) is 9.51. The van der Waals surface area contributed by atoms with E-state index in [4.69, 9.17) is 0 Å². The highest BCUT2D eigenvalue weighted by Crippen LogP contribution is 2.30. The van der Waals surface area contributed by atoms with E-state index in [1.165, 1.54) is 17.5 Å². The molecule has 25 heavy (non-hydrogen) atoms. The lowest BCUT2D eigenvalue weighted by molar-refractivity contribution is 0.181. The van der Waals surface area contributed by atoms with Gasteiger partial charge < -0.3 is 10.4 Å². The second-order valence-corrected chi connectivity index (χ2v) is 7.04. The van der Waals surface area contributed by atoms with Gasteiger partial charge in [-0.25, -0.2) is 0 Å². The van der Waals surface area contributed by atoms with Gasteiger partial charge in [-0.1, -0.05) is 31.2 Å². The second-order valence-electron chi connectivity index (χ2n) is 7.04. The van der Waals surface area contributed by atoms with E-state index in [2.05, 4.69) is 47.5 Å². The monoisotopic (exact) mass is 338 g/mol. The van der Waals surface area contributed by atoms with Crippen LogP contribution in [0.3, 0.4) is 0 Å². The predicted octanol–water partition coefficient (Wildman–Crippen LogP) is 4.25. The molecule has 0 radical (unpaired) electrons. The Hall–Kier alpha value is -2.00. The summed E-state index contributed by atoms with van der Waals surface area (Å²) in [5.74, 6) is 0.475. The molecule has 1 unspecified atom stereocenters. The summed E-state index contributed by atoms with van der Waals surface area (Å²) in [7, 11) is 1.96. The minimum atomic E-state index is 0.475. The van der Waals surface area contributed by atoms with Crippen molar-refractivity contribution < 1.29 is 5.11 Å². The number of nitrogens with one attached hydrogen (secondary N) is 1. The third-order valence-corrected chi connectivity index (χ3v) is 5.39. The Labute approximate surface area is 151 Å². The molecular formula is C22H30N2O. The smallest absolute Gasteiger partial charge is 0.119 e. The van der Waals surface area contributed by atoms with Gasteiger partial charge in [0, 0.05) is 25.3 Å². The van der Waals surface area contributed by atoms with Crippen molar-refractivity contribution in [1.82, 2.24) is 4.90 Å². The number of anilines is 1. The molecular weight excluding hydrogens is 308 g/mol. The van der Waals surface area contributed by atoms with Crippen LogP contribution in [0.2, 0.25) is 0 Å². The van der Waals surface area contributed by atoms with Crippen LogP contribution in [0, 0.1) is 0 Å². The average Bonchev–Trinajstić information content (AvgIpc) is 2.65. The number of hydrogen-bond acceptors (Lipinski definition) is 3. The second kappa shape index (κ2) is 8.39. The Kier molecular flexibility index (Phi) is 5.98. The quantitative estimate of drug-likeness (QED) is 0.792. The molecule has 0 saturated carbocycles. The molecule has 3 rings (SSSR count). The lowest BCUT2D eigenvalue weighted by atomic mass is 9.86. The lowest BCUT2D eigenvalue weighted by Gasteiger charge is -2.35. The first-order chi connectivity index (χ1) is 12.2. The minimum Gasteiger partial charge on any atom is -0.508 e. The first kappa shape index (κ1) is 17.8. The third kappa shape index (κ3) is 4.35. The Bertz CT molecular complexity index is 681. The molecule has 3 heteroatoms. The van der Waals surface area contributed by atoms with E-state index in [-0.39, 0.29) is 0 Å². The normalized spacial score (nSPS) is 16.7. The molecule has 0 aliphatic heterocycles. The topological polar surface area (TPSA) is 35.5 Å². The van der Waals surface area contributed by atoms with E-state index in [0.717, 1.165) is 50.0 Å². The lowest BCUT2D eigenvalue weighted by Crippen LogP contribution is -2.41. The molecule has 0 bridgehead atoms. The standard InChI is InChI=1S/C22H30N2O/c1-3-14-24(15-13-17-7-9-19(23-2)10-8-17)20-11-12-21-18(16-20)5-4-6-22(21)25/h4-10,20,23,25H,3,11-16H2,1-2H3. The molecule has 2 aromatic carbocycles. The van der Waals surface area contributed by atoms with E-state index in [0.29, 0.717) is 11.8 Å². The number of rotatable bonds is 7. The van der Waals surface area contributed by atoms with Gasteiger partial charge in [-0.2, -0.15) is 0 Å². The van der Waals surface area contributed by atoms with E-state index in [1.807, 2.05) is 19.2 Å². The van der Waals surface area contributed by atoms with Gasteiger partial charge in [-0.3, -0.25) is 4.90 Å². The number of benzene rings is 2. The van der Waals surface area contributed by atoms with Crippen LogP contribution in [0.4, 0.5) is 5.69 Å². The van der Waals surface area contributed by atoms with E-state index in [1.54, 1.807) is 0 Å². The van der Waals surface area contributed by atoms with Crippen molar-refractivity contribution >= 4 is 5.69 Å². The maximum Gasteiger partial charge on any atom is 0.119 e. The zero-order valence-corrected chi connectivity index (χ0v) is 15.5. The Morgan fingerprint density at radius 3 is 2.64 bits per heavy atom. The van der Waals surface area contributed by atoms with Crippen molar-refractivity contribution in [1.29, 1.82) is 0 Å². The van der Waals surface area contributed by atoms with Gasteiger partial charge in [0.2, 0.25) is 0 Å². The Balaban J connectivity index is 1.64. The molecule has 3 nitrogen and oxygen atoms in total. The molecule has 1 aliphatic rings. The van der Waals surface area contributed by atoms with Gasteiger partial charge >= 0.3 is 0 Å². The van der Waals surface area contributed by atoms with Gasteiger partial charge in [0.15, 0.2) is 0 Å². The molecule has 0 saturated heterocycles. The first-order valence-corrected chi connectivity index (χ1v) is 9.51. The fraction of sp³-hybridized carbons (Fsp3) is 0.455. The van der Waals surface area contributed by atoms with E-state index in [9.17, 15) is 5.11 Å². The van der Waals surface area contributed by atoms with Crippen molar-refractivity contribution in [2.75, 3.05) is 25.5 Å². The van der Waals surface area contributed by atoms with Crippen LogP contribution in [-0.4, -0.2) is 36.2 Å². The van der Waals surface area contributed by atoms with E-state index < -0.39 is 0 Å². The molecule has 1 aliphatic carbocycles. The highest BCUT2D eigenvalue weighted by Gasteiger charge is 2.25. The SMILES string of the molecule is CCCN(CCc1ccc(NC)cc1)C1CCc2c(O)cccc2C1. The van der Waals surface area contributed by atoms with Crippen LogP contribution in [0.15, 0.2) is 42.5 Å². The number of nitrogens with zero attached hydrogens (tertiary/aromatic N) is 1. The van der Waals surface area contributed by atoms with E-state index >= 15 is 0 Å². The summed E-state index contributed by atoms with van der Waals surface area (Å²) in [5, 5.41) is 13.2. The van der Waals surface area contributed by atoms with Gasteiger partial charge in [0.1, 0.15) is 5.75 Å². The van der Waals surface area contributed by atoms with Crippen LogP contribution in [0.1, 0.15) is 36.5 Å². The van der Waals surface area contributed by atoms with Crippen LogP contribution in [0.25, 0.3) is 0 Å². The van der Waals surface area contributed by atoms with Crippen LogP contribution < -0.4 is 5.32 Å². The van der Waals surface area contributed by atoms with Crippen molar-refractivity contribution in [3.63, 3.8) is 0 Å². The van der Waals surface area contributed by atoms with Crippen molar-refractivity contribution in [2.24, 2.45) is 0 Å². The van der Waals surface area contributed by atoms with Gasteiger partial charge in [0.25, 0.3) is 0 Å². The number of fused-ring (bicyclic) bond motifs is 1. The summed E-state index contributed by atoms with van der Waals surface area (Å²) in [6.45, 7) is 4.51. The molecule has 0 amide bonds. The Morgan fingerprint density at radius 2 is 1.92 bits per heavy atom. The summed E-state index contributed by atoms with van der Waals surface area (Å²) < 4.78 is 0. The van der Waals surface area contributed by atoms with Gasteiger partial charge in [-0.15, -0.1) is 0 Å². The molecule has 2 N–H and O–H groups in total. The molecule has 0 fully saturated rings. The minimum absolute atomic E-state index is 0.475. The summed E-state index contributed by atoms with van der Waals surface area (Å²) >= 11 is 0. The summed E-state index contributed by atoms with van der Waals surface area (Å²) in [5.41, 5.74) is 5.06. The molecule has 0 aromatic heterocycles.